The fraction of sp³-hybridized carbons (Fsp3) is 0.133. The molecule has 2 rings (SSSR count). The zero-order valence-corrected chi connectivity index (χ0v) is 12.7. The molecule has 0 aromatic heterocycles. The van der Waals surface area contributed by atoms with E-state index in [1.54, 1.807) is 43.5 Å². The van der Waals surface area contributed by atoms with Gasteiger partial charge in [-0.25, -0.2) is 0 Å². The molecule has 0 amide bonds. The number of carbonyl (C=O) groups excluding carboxylic acids is 1. The Hall–Kier alpha value is -2.01. The minimum absolute atomic E-state index is 0.155. The van der Waals surface area contributed by atoms with Gasteiger partial charge in [0.2, 0.25) is 0 Å². The number of ether oxygens (including phenoxy) is 2. The van der Waals surface area contributed by atoms with Gasteiger partial charge in [-0.3, -0.25) is 4.79 Å². The molecule has 0 heterocycles. The summed E-state index contributed by atoms with van der Waals surface area (Å²) in [5.74, 6) is 0.906. The van der Waals surface area contributed by atoms with E-state index in [0.29, 0.717) is 32.8 Å². The summed E-state index contributed by atoms with van der Waals surface area (Å²) in [5.41, 5.74) is 7.22. The van der Waals surface area contributed by atoms with Gasteiger partial charge in [-0.1, -0.05) is 6.07 Å². The molecule has 0 saturated heterocycles. The third-order valence-corrected chi connectivity index (χ3v) is 3.53. The van der Waals surface area contributed by atoms with Crippen LogP contribution in [0.25, 0.3) is 0 Å². The normalized spacial score (nSPS) is 10.2. The smallest absolute Gasteiger partial charge is 0.196 e. The van der Waals surface area contributed by atoms with Crippen LogP contribution in [0.2, 0.25) is 0 Å². The molecule has 0 bridgehead atoms. The zero-order valence-electron chi connectivity index (χ0n) is 11.1. The molecule has 0 radical (unpaired) electrons. The molecule has 104 valence electrons. The van der Waals surface area contributed by atoms with Gasteiger partial charge in [0.05, 0.1) is 29.9 Å². The molecule has 2 aromatic rings. The van der Waals surface area contributed by atoms with Gasteiger partial charge in [0.1, 0.15) is 5.75 Å². The van der Waals surface area contributed by atoms with Gasteiger partial charge in [0.15, 0.2) is 11.5 Å². The van der Waals surface area contributed by atoms with E-state index in [4.69, 9.17) is 15.2 Å². The van der Waals surface area contributed by atoms with Gasteiger partial charge < -0.3 is 15.2 Å². The van der Waals surface area contributed by atoms with E-state index in [-0.39, 0.29) is 5.78 Å². The summed E-state index contributed by atoms with van der Waals surface area (Å²) in [5, 5.41) is 0. The molecule has 20 heavy (non-hydrogen) atoms. The quantitative estimate of drug-likeness (QED) is 0.688. The second-order valence-electron chi connectivity index (χ2n) is 4.11. The van der Waals surface area contributed by atoms with Gasteiger partial charge in [-0.05, 0) is 46.3 Å². The van der Waals surface area contributed by atoms with Crippen LogP contribution in [0.3, 0.4) is 0 Å². The lowest BCUT2D eigenvalue weighted by molar-refractivity contribution is 0.103. The summed E-state index contributed by atoms with van der Waals surface area (Å²) in [6, 6.07) is 10.3. The molecule has 0 atom stereocenters. The summed E-state index contributed by atoms with van der Waals surface area (Å²) >= 11 is 3.37. The molecule has 0 unspecified atom stereocenters. The number of benzene rings is 2. The molecule has 0 fully saturated rings. The number of para-hydroxylation sites is 1. The van der Waals surface area contributed by atoms with Crippen molar-refractivity contribution < 1.29 is 14.3 Å². The number of nitrogen functional groups attached to an aromatic ring is 1. The van der Waals surface area contributed by atoms with Crippen LogP contribution < -0.4 is 15.2 Å². The van der Waals surface area contributed by atoms with Gasteiger partial charge >= 0.3 is 0 Å². The highest BCUT2D eigenvalue weighted by Gasteiger charge is 2.17. The Morgan fingerprint density at radius 3 is 2.50 bits per heavy atom. The monoisotopic (exact) mass is 335 g/mol. The van der Waals surface area contributed by atoms with E-state index in [2.05, 4.69) is 15.9 Å². The summed E-state index contributed by atoms with van der Waals surface area (Å²) in [6.45, 7) is 0. The lowest BCUT2D eigenvalue weighted by Crippen LogP contribution is -2.06. The molecule has 2 aromatic carbocycles. The number of anilines is 1. The number of carbonyl (C=O) groups is 1. The average molecular weight is 336 g/mol. The Balaban J connectivity index is 2.46. The fourth-order valence-corrected chi connectivity index (χ4v) is 2.47. The highest BCUT2D eigenvalue weighted by atomic mass is 79.9. The molecule has 5 heteroatoms. The average Bonchev–Trinajstić information content (AvgIpc) is 2.46. The highest BCUT2D eigenvalue weighted by molar-refractivity contribution is 9.10. The first kappa shape index (κ1) is 14.4. The third-order valence-electron chi connectivity index (χ3n) is 2.91. The van der Waals surface area contributed by atoms with Crippen LogP contribution in [-0.4, -0.2) is 20.0 Å². The molecular formula is C15H14BrNO3. The Morgan fingerprint density at radius 1 is 1.15 bits per heavy atom. The van der Waals surface area contributed by atoms with Crippen LogP contribution in [-0.2, 0) is 0 Å². The van der Waals surface area contributed by atoms with E-state index in [1.807, 2.05) is 0 Å². The van der Waals surface area contributed by atoms with Crippen molar-refractivity contribution in [1.29, 1.82) is 0 Å². The van der Waals surface area contributed by atoms with Crippen molar-refractivity contribution in [3.63, 3.8) is 0 Å². The molecule has 0 saturated carbocycles. The van der Waals surface area contributed by atoms with Gasteiger partial charge in [0, 0.05) is 5.56 Å². The molecule has 4 nitrogen and oxygen atoms in total. The largest absolute Gasteiger partial charge is 0.496 e. The number of halogens is 1. The first-order chi connectivity index (χ1) is 9.58. The zero-order chi connectivity index (χ0) is 14.7. The van der Waals surface area contributed by atoms with Crippen LogP contribution in [0, 0.1) is 0 Å². The third kappa shape index (κ3) is 2.63. The van der Waals surface area contributed by atoms with Gasteiger partial charge in [0.25, 0.3) is 0 Å². The standard InChI is InChI=1S/C15H14BrNO3/c1-19-13-7-6-9(8-11(13)16)14(18)10-4-3-5-12(17)15(10)20-2/h3-8H,17H2,1-2H3. The first-order valence-corrected chi connectivity index (χ1v) is 6.68. The Bertz CT molecular complexity index is 656. The molecule has 0 aliphatic carbocycles. The summed E-state index contributed by atoms with van der Waals surface area (Å²) < 4.78 is 11.1. The van der Waals surface area contributed by atoms with Gasteiger partial charge in [-0.2, -0.15) is 0 Å². The number of ketones is 1. The highest BCUT2D eigenvalue weighted by Crippen LogP contribution is 2.30. The lowest BCUT2D eigenvalue weighted by atomic mass is 10.0. The van der Waals surface area contributed by atoms with Crippen LogP contribution in [0.5, 0.6) is 11.5 Å². The predicted octanol–water partition coefficient (Wildman–Crippen LogP) is 3.28. The molecule has 0 spiro atoms. The predicted molar refractivity (Wildman–Crippen MR) is 81.5 cm³/mol. The van der Waals surface area contributed by atoms with E-state index in [0.717, 1.165) is 0 Å². The second-order valence-corrected chi connectivity index (χ2v) is 4.96. The van der Waals surface area contributed by atoms with Crippen molar-refractivity contribution in [3.8, 4) is 11.5 Å². The van der Waals surface area contributed by atoms with Crippen LogP contribution in [0.1, 0.15) is 15.9 Å². The molecular weight excluding hydrogens is 322 g/mol. The number of hydrogen-bond donors (Lipinski definition) is 1. The summed E-state index contributed by atoms with van der Waals surface area (Å²) in [4.78, 5) is 12.5. The van der Waals surface area contributed by atoms with Crippen LogP contribution >= 0.6 is 15.9 Å². The Labute approximate surface area is 125 Å². The molecule has 0 aliphatic rings. The maximum atomic E-state index is 12.5. The second kappa shape index (κ2) is 5.96. The lowest BCUT2D eigenvalue weighted by Gasteiger charge is -2.11. The summed E-state index contributed by atoms with van der Waals surface area (Å²) in [6.07, 6.45) is 0. The SMILES string of the molecule is COc1ccc(C(=O)c2cccc(N)c2OC)cc1Br. The van der Waals surface area contributed by atoms with Crippen molar-refractivity contribution in [2.75, 3.05) is 20.0 Å². The van der Waals surface area contributed by atoms with E-state index in [9.17, 15) is 4.79 Å². The minimum Gasteiger partial charge on any atom is -0.496 e. The number of nitrogens with two attached hydrogens (primary N) is 1. The molecule has 0 aliphatic heterocycles. The number of rotatable bonds is 4. The van der Waals surface area contributed by atoms with Gasteiger partial charge in [-0.15, -0.1) is 0 Å². The number of hydrogen-bond acceptors (Lipinski definition) is 4. The minimum atomic E-state index is -0.155. The Kier molecular flexibility index (Phi) is 4.29. The van der Waals surface area contributed by atoms with Crippen molar-refractivity contribution in [1.82, 2.24) is 0 Å². The maximum absolute atomic E-state index is 12.5. The van der Waals surface area contributed by atoms with Crippen molar-refractivity contribution in [2.24, 2.45) is 0 Å². The van der Waals surface area contributed by atoms with Crippen molar-refractivity contribution in [2.45, 2.75) is 0 Å². The fourth-order valence-electron chi connectivity index (χ4n) is 1.92. The van der Waals surface area contributed by atoms with Crippen LogP contribution in [0.15, 0.2) is 40.9 Å². The van der Waals surface area contributed by atoms with E-state index in [1.165, 1.54) is 7.11 Å². The first-order valence-electron chi connectivity index (χ1n) is 5.89. The number of methoxy groups -OCH3 is 2. The van der Waals surface area contributed by atoms with E-state index >= 15 is 0 Å². The summed E-state index contributed by atoms with van der Waals surface area (Å²) in [7, 11) is 3.06. The Morgan fingerprint density at radius 2 is 1.90 bits per heavy atom. The van der Waals surface area contributed by atoms with Crippen molar-refractivity contribution >= 4 is 27.4 Å². The molecule has 2 N–H and O–H groups in total. The van der Waals surface area contributed by atoms with E-state index < -0.39 is 0 Å². The topological polar surface area (TPSA) is 61.5 Å². The van der Waals surface area contributed by atoms with Crippen LogP contribution in [0.4, 0.5) is 5.69 Å². The maximum Gasteiger partial charge on any atom is 0.196 e. The van der Waals surface area contributed by atoms with Crippen molar-refractivity contribution in [3.05, 3.63) is 52.0 Å².